The van der Waals surface area contributed by atoms with Gasteiger partial charge in [0.2, 0.25) is 0 Å². The molecular weight excluding hydrogens is 222 g/mol. The van der Waals surface area contributed by atoms with Crippen LogP contribution in [0.4, 0.5) is 0 Å². The molecule has 2 unspecified atom stereocenters. The van der Waals surface area contributed by atoms with E-state index in [4.69, 9.17) is 4.74 Å². The average molecular weight is 247 g/mol. The molecule has 2 atom stereocenters. The van der Waals surface area contributed by atoms with Crippen LogP contribution in [0.15, 0.2) is 24.3 Å². The minimum atomic E-state index is 0.134. The lowest BCUT2D eigenvalue weighted by Gasteiger charge is -2.31. The second-order valence-corrected chi connectivity index (χ2v) is 6.37. The van der Waals surface area contributed by atoms with Gasteiger partial charge in [-0.25, -0.2) is 0 Å². The molecule has 0 spiro atoms. The molecule has 1 aliphatic heterocycles. The Kier molecular flexibility index (Phi) is 3.96. The van der Waals surface area contributed by atoms with Gasteiger partial charge >= 0.3 is 0 Å². The molecular formula is C16H25NO. The van der Waals surface area contributed by atoms with E-state index >= 15 is 0 Å². The molecule has 0 radical (unpaired) electrons. The van der Waals surface area contributed by atoms with E-state index in [1.54, 1.807) is 0 Å². The predicted molar refractivity (Wildman–Crippen MR) is 76.3 cm³/mol. The number of ether oxygens (including phenoxy) is 1. The number of hydrogen-bond donors (Lipinski definition) is 1. The summed E-state index contributed by atoms with van der Waals surface area (Å²) in [5.41, 5.74) is 1.44. The van der Waals surface area contributed by atoms with Crippen molar-refractivity contribution in [2.45, 2.75) is 58.1 Å². The molecule has 0 saturated carbocycles. The number of benzene rings is 1. The smallest absolute Gasteiger partial charge is 0.123 e. The quantitative estimate of drug-likeness (QED) is 0.863. The van der Waals surface area contributed by atoms with Gasteiger partial charge in [-0.1, -0.05) is 39.0 Å². The maximum atomic E-state index is 6.24. The van der Waals surface area contributed by atoms with Gasteiger partial charge in [-0.2, -0.15) is 0 Å². The van der Waals surface area contributed by atoms with Crippen LogP contribution in [0.25, 0.3) is 0 Å². The SMILES string of the molecule is CC1CC(Oc2ccccc2C(C)(C)C)CCN1. The lowest BCUT2D eigenvalue weighted by molar-refractivity contribution is 0.141. The molecule has 0 aromatic heterocycles. The third-order valence-electron chi connectivity index (χ3n) is 3.56. The highest BCUT2D eigenvalue weighted by atomic mass is 16.5. The fourth-order valence-electron chi connectivity index (χ4n) is 2.56. The first kappa shape index (κ1) is 13.4. The fourth-order valence-corrected chi connectivity index (χ4v) is 2.56. The molecule has 1 heterocycles. The fraction of sp³-hybridized carbons (Fsp3) is 0.625. The number of piperidine rings is 1. The molecule has 1 fully saturated rings. The summed E-state index contributed by atoms with van der Waals surface area (Å²) >= 11 is 0. The Morgan fingerprint density at radius 1 is 1.22 bits per heavy atom. The van der Waals surface area contributed by atoms with E-state index < -0.39 is 0 Å². The van der Waals surface area contributed by atoms with Crippen LogP contribution in [0.5, 0.6) is 5.75 Å². The van der Waals surface area contributed by atoms with Crippen LogP contribution < -0.4 is 10.1 Å². The van der Waals surface area contributed by atoms with Crippen LogP contribution in [0.3, 0.4) is 0 Å². The van der Waals surface area contributed by atoms with Crippen molar-refractivity contribution in [3.8, 4) is 5.75 Å². The zero-order chi connectivity index (χ0) is 13.2. The van der Waals surface area contributed by atoms with Gasteiger partial charge in [-0.3, -0.25) is 0 Å². The molecule has 100 valence electrons. The van der Waals surface area contributed by atoms with Crippen molar-refractivity contribution in [3.63, 3.8) is 0 Å². The number of para-hydroxylation sites is 1. The van der Waals surface area contributed by atoms with E-state index in [0.717, 1.165) is 25.1 Å². The van der Waals surface area contributed by atoms with Crippen molar-refractivity contribution in [1.82, 2.24) is 5.32 Å². The molecule has 2 rings (SSSR count). The lowest BCUT2D eigenvalue weighted by atomic mass is 9.86. The Hall–Kier alpha value is -1.02. The van der Waals surface area contributed by atoms with Crippen LogP contribution >= 0.6 is 0 Å². The van der Waals surface area contributed by atoms with Gasteiger partial charge in [0.05, 0.1) is 0 Å². The van der Waals surface area contributed by atoms with E-state index in [1.165, 1.54) is 5.56 Å². The summed E-state index contributed by atoms with van der Waals surface area (Å²) in [6.07, 6.45) is 2.55. The van der Waals surface area contributed by atoms with Gasteiger partial charge in [0, 0.05) is 6.04 Å². The molecule has 0 bridgehead atoms. The van der Waals surface area contributed by atoms with E-state index in [2.05, 4.69) is 57.3 Å². The highest BCUT2D eigenvalue weighted by Gasteiger charge is 2.23. The molecule has 1 aliphatic rings. The maximum Gasteiger partial charge on any atom is 0.123 e. The highest BCUT2D eigenvalue weighted by molar-refractivity contribution is 5.38. The summed E-state index contributed by atoms with van der Waals surface area (Å²) in [7, 11) is 0. The van der Waals surface area contributed by atoms with Gasteiger partial charge < -0.3 is 10.1 Å². The molecule has 1 N–H and O–H groups in total. The van der Waals surface area contributed by atoms with Gasteiger partial charge in [0.25, 0.3) is 0 Å². The minimum absolute atomic E-state index is 0.134. The van der Waals surface area contributed by atoms with E-state index in [-0.39, 0.29) is 5.41 Å². The normalized spacial score (nSPS) is 24.9. The van der Waals surface area contributed by atoms with Crippen molar-refractivity contribution in [1.29, 1.82) is 0 Å². The van der Waals surface area contributed by atoms with Crippen molar-refractivity contribution >= 4 is 0 Å². The zero-order valence-electron chi connectivity index (χ0n) is 12.0. The van der Waals surface area contributed by atoms with Crippen LogP contribution in [0, 0.1) is 0 Å². The minimum Gasteiger partial charge on any atom is -0.490 e. The summed E-state index contributed by atoms with van der Waals surface area (Å²) in [5, 5.41) is 3.46. The van der Waals surface area contributed by atoms with Gasteiger partial charge in [-0.05, 0) is 43.4 Å². The maximum absolute atomic E-state index is 6.24. The summed E-state index contributed by atoms with van der Waals surface area (Å²) in [6, 6.07) is 9.01. The molecule has 1 aromatic carbocycles. The monoisotopic (exact) mass is 247 g/mol. The van der Waals surface area contributed by atoms with E-state index in [0.29, 0.717) is 12.1 Å². The first-order chi connectivity index (χ1) is 8.47. The predicted octanol–water partition coefficient (Wildman–Crippen LogP) is 3.50. The topological polar surface area (TPSA) is 21.3 Å². The average Bonchev–Trinajstić information content (AvgIpc) is 2.28. The van der Waals surface area contributed by atoms with Crippen LogP contribution in [0.2, 0.25) is 0 Å². The number of rotatable bonds is 2. The van der Waals surface area contributed by atoms with Crippen LogP contribution in [-0.2, 0) is 5.41 Å². The first-order valence-corrected chi connectivity index (χ1v) is 6.96. The summed E-state index contributed by atoms with van der Waals surface area (Å²) in [6.45, 7) is 10.00. The van der Waals surface area contributed by atoms with Crippen LogP contribution in [-0.4, -0.2) is 18.7 Å². The molecule has 0 aliphatic carbocycles. The molecule has 2 nitrogen and oxygen atoms in total. The molecule has 2 heteroatoms. The van der Waals surface area contributed by atoms with Crippen molar-refractivity contribution < 1.29 is 4.74 Å². The van der Waals surface area contributed by atoms with Crippen molar-refractivity contribution in [3.05, 3.63) is 29.8 Å². The zero-order valence-corrected chi connectivity index (χ0v) is 12.0. The standard InChI is InChI=1S/C16H25NO/c1-12-11-13(9-10-17-12)18-15-8-6-5-7-14(15)16(2,3)4/h5-8,12-13,17H,9-11H2,1-4H3. The van der Waals surface area contributed by atoms with E-state index in [1.807, 2.05) is 0 Å². The molecule has 0 amide bonds. The summed E-state index contributed by atoms with van der Waals surface area (Å²) < 4.78 is 6.24. The summed E-state index contributed by atoms with van der Waals surface area (Å²) in [4.78, 5) is 0. The Labute approximate surface area is 111 Å². The lowest BCUT2D eigenvalue weighted by Crippen LogP contribution is -2.40. The van der Waals surface area contributed by atoms with Crippen molar-refractivity contribution in [2.24, 2.45) is 0 Å². The largest absolute Gasteiger partial charge is 0.490 e. The number of hydrogen-bond acceptors (Lipinski definition) is 2. The van der Waals surface area contributed by atoms with Gasteiger partial charge in [0.15, 0.2) is 0 Å². The Morgan fingerprint density at radius 3 is 2.61 bits per heavy atom. The Balaban J connectivity index is 2.13. The molecule has 18 heavy (non-hydrogen) atoms. The highest BCUT2D eigenvalue weighted by Crippen LogP contribution is 2.32. The Morgan fingerprint density at radius 2 is 1.94 bits per heavy atom. The molecule has 1 saturated heterocycles. The van der Waals surface area contributed by atoms with E-state index in [9.17, 15) is 0 Å². The third-order valence-corrected chi connectivity index (χ3v) is 3.56. The van der Waals surface area contributed by atoms with Gasteiger partial charge in [-0.15, -0.1) is 0 Å². The first-order valence-electron chi connectivity index (χ1n) is 6.96. The number of nitrogens with one attached hydrogen (secondary N) is 1. The van der Waals surface area contributed by atoms with Crippen molar-refractivity contribution in [2.75, 3.05) is 6.54 Å². The second-order valence-electron chi connectivity index (χ2n) is 6.37. The third kappa shape index (κ3) is 3.26. The van der Waals surface area contributed by atoms with Gasteiger partial charge in [0.1, 0.15) is 11.9 Å². The Bertz CT molecular complexity index is 394. The summed E-state index contributed by atoms with van der Waals surface area (Å²) in [5.74, 6) is 1.06. The second kappa shape index (κ2) is 5.31. The molecule has 1 aromatic rings. The van der Waals surface area contributed by atoms with Crippen LogP contribution in [0.1, 0.15) is 46.1 Å².